The highest BCUT2D eigenvalue weighted by molar-refractivity contribution is 5.75. The molecule has 1 unspecified atom stereocenters. The third-order valence-corrected chi connectivity index (χ3v) is 2.67. The zero-order valence-corrected chi connectivity index (χ0v) is 11.0. The summed E-state index contributed by atoms with van der Waals surface area (Å²) in [6.45, 7) is 3.41. The summed E-state index contributed by atoms with van der Waals surface area (Å²) in [5.74, 6) is 0.00265. The highest BCUT2D eigenvalue weighted by atomic mass is 16.3. The molecule has 1 aromatic rings. The Hall–Kier alpha value is -1.90. The van der Waals surface area contributed by atoms with Gasteiger partial charge in [-0.25, -0.2) is 0 Å². The van der Waals surface area contributed by atoms with Crippen LogP contribution in [-0.2, 0) is 4.79 Å². The van der Waals surface area contributed by atoms with Crippen LogP contribution >= 0.6 is 0 Å². The van der Waals surface area contributed by atoms with Crippen LogP contribution in [0.2, 0.25) is 0 Å². The molecule has 0 radical (unpaired) electrons. The quantitative estimate of drug-likeness (QED) is 0.631. The second kappa shape index (κ2) is 8.25. The van der Waals surface area contributed by atoms with Crippen LogP contribution in [0.4, 0.5) is 0 Å². The molecule has 5 heteroatoms. The van der Waals surface area contributed by atoms with E-state index in [1.165, 1.54) is 0 Å². The van der Waals surface area contributed by atoms with Crippen LogP contribution in [-0.4, -0.2) is 30.6 Å². The zero-order valence-electron chi connectivity index (χ0n) is 11.0. The van der Waals surface area contributed by atoms with Crippen molar-refractivity contribution < 1.29 is 9.90 Å². The number of hydrogen-bond donors (Lipinski definition) is 3. The topological polar surface area (TPSA) is 85.2 Å². The van der Waals surface area contributed by atoms with Crippen molar-refractivity contribution in [3.63, 3.8) is 0 Å². The predicted molar refractivity (Wildman–Crippen MR) is 72.3 cm³/mol. The van der Waals surface area contributed by atoms with E-state index in [2.05, 4.69) is 10.6 Å². The monoisotopic (exact) mass is 261 g/mol. The first-order valence-electron chi connectivity index (χ1n) is 6.33. The summed E-state index contributed by atoms with van der Waals surface area (Å²) >= 11 is 0. The largest absolute Gasteiger partial charge is 0.387 e. The predicted octanol–water partition coefficient (Wildman–Crippen LogP) is 0.707. The van der Waals surface area contributed by atoms with Gasteiger partial charge in [-0.3, -0.25) is 4.79 Å². The van der Waals surface area contributed by atoms with Crippen molar-refractivity contribution in [3.8, 4) is 6.07 Å². The summed E-state index contributed by atoms with van der Waals surface area (Å²) in [5, 5.41) is 24.3. The van der Waals surface area contributed by atoms with E-state index in [9.17, 15) is 9.90 Å². The summed E-state index contributed by atoms with van der Waals surface area (Å²) in [4.78, 5) is 11.2. The molecule has 0 heterocycles. The Kier molecular flexibility index (Phi) is 6.58. The number of amides is 1. The number of nitriles is 1. The van der Waals surface area contributed by atoms with Crippen molar-refractivity contribution in [1.29, 1.82) is 5.26 Å². The van der Waals surface area contributed by atoms with Crippen LogP contribution in [0.25, 0.3) is 0 Å². The van der Waals surface area contributed by atoms with Gasteiger partial charge in [0.1, 0.15) is 0 Å². The molecule has 0 fully saturated rings. The number of aliphatic hydroxyl groups is 1. The van der Waals surface area contributed by atoms with Gasteiger partial charge in [0.15, 0.2) is 0 Å². The van der Waals surface area contributed by atoms with E-state index >= 15 is 0 Å². The number of rotatable bonds is 7. The molecule has 3 N–H and O–H groups in total. The normalized spacial score (nSPS) is 11.6. The summed E-state index contributed by atoms with van der Waals surface area (Å²) in [7, 11) is 0. The van der Waals surface area contributed by atoms with Gasteiger partial charge in [0, 0.05) is 26.1 Å². The van der Waals surface area contributed by atoms with E-state index in [1.807, 2.05) is 13.0 Å². The summed E-state index contributed by atoms with van der Waals surface area (Å²) in [5.41, 5.74) is 1.32. The molecule has 0 saturated heterocycles. The van der Waals surface area contributed by atoms with E-state index in [0.717, 1.165) is 5.56 Å². The van der Waals surface area contributed by atoms with Crippen LogP contribution in [0.5, 0.6) is 0 Å². The Balaban J connectivity index is 2.29. The number of nitrogens with one attached hydrogen (secondary N) is 2. The van der Waals surface area contributed by atoms with Crippen LogP contribution in [0, 0.1) is 11.3 Å². The molecular formula is C14H19N3O2. The van der Waals surface area contributed by atoms with Crippen LogP contribution in [0.15, 0.2) is 24.3 Å². The van der Waals surface area contributed by atoms with Gasteiger partial charge >= 0.3 is 0 Å². The first kappa shape index (κ1) is 15.2. The lowest BCUT2D eigenvalue weighted by atomic mass is 10.1. The lowest BCUT2D eigenvalue weighted by molar-refractivity contribution is -0.120. The Bertz CT molecular complexity index is 437. The third kappa shape index (κ3) is 5.51. The smallest absolute Gasteiger partial charge is 0.221 e. The number of aliphatic hydroxyl groups excluding tert-OH is 1. The van der Waals surface area contributed by atoms with E-state index in [1.54, 1.807) is 24.3 Å². The molecule has 0 saturated carbocycles. The van der Waals surface area contributed by atoms with Crippen molar-refractivity contribution >= 4 is 5.91 Å². The molecule has 0 spiro atoms. The van der Waals surface area contributed by atoms with Crippen LogP contribution in [0.3, 0.4) is 0 Å². The molecule has 1 rings (SSSR count). The Morgan fingerprint density at radius 3 is 2.68 bits per heavy atom. The number of benzene rings is 1. The van der Waals surface area contributed by atoms with Gasteiger partial charge in [-0.15, -0.1) is 0 Å². The average molecular weight is 261 g/mol. The summed E-state index contributed by atoms with van der Waals surface area (Å²) in [6.07, 6.45) is -0.240. The fourth-order valence-corrected chi connectivity index (χ4v) is 1.62. The van der Waals surface area contributed by atoms with Gasteiger partial charge in [-0.1, -0.05) is 12.1 Å². The van der Waals surface area contributed by atoms with Gasteiger partial charge in [0.05, 0.1) is 17.7 Å². The lowest BCUT2D eigenvalue weighted by Gasteiger charge is -2.12. The summed E-state index contributed by atoms with van der Waals surface area (Å²) in [6, 6.07) is 8.84. The zero-order chi connectivity index (χ0) is 14.1. The SMILES string of the molecule is CCNC(=O)CCNCC(O)c1ccc(C#N)cc1. The molecule has 1 atom stereocenters. The van der Waals surface area contributed by atoms with Gasteiger partial charge in [0.25, 0.3) is 0 Å². The fourth-order valence-electron chi connectivity index (χ4n) is 1.62. The molecule has 0 bridgehead atoms. The molecule has 1 amide bonds. The standard InChI is InChI=1S/C14H19N3O2/c1-2-17-14(19)7-8-16-10-13(18)12-5-3-11(9-15)4-6-12/h3-6,13,16,18H,2,7-8,10H2,1H3,(H,17,19). The first-order chi connectivity index (χ1) is 9.17. The van der Waals surface area contributed by atoms with Crippen molar-refractivity contribution in [2.24, 2.45) is 0 Å². The second-order valence-electron chi connectivity index (χ2n) is 4.16. The molecule has 0 aliphatic heterocycles. The van der Waals surface area contributed by atoms with E-state index < -0.39 is 6.10 Å². The maximum Gasteiger partial charge on any atom is 0.221 e. The minimum absolute atomic E-state index is 0.00265. The Morgan fingerprint density at radius 1 is 1.42 bits per heavy atom. The molecule has 0 aliphatic carbocycles. The van der Waals surface area contributed by atoms with Crippen molar-refractivity contribution in [3.05, 3.63) is 35.4 Å². The highest BCUT2D eigenvalue weighted by Gasteiger charge is 2.07. The van der Waals surface area contributed by atoms with Crippen molar-refractivity contribution in [1.82, 2.24) is 10.6 Å². The van der Waals surface area contributed by atoms with E-state index in [0.29, 0.717) is 31.6 Å². The maximum absolute atomic E-state index is 11.2. The minimum atomic E-state index is -0.637. The Labute approximate surface area is 113 Å². The number of hydrogen-bond acceptors (Lipinski definition) is 4. The Morgan fingerprint density at radius 2 is 2.11 bits per heavy atom. The lowest BCUT2D eigenvalue weighted by Crippen LogP contribution is -2.29. The molecule has 0 aliphatic rings. The van der Waals surface area contributed by atoms with Gasteiger partial charge < -0.3 is 15.7 Å². The number of carbonyl (C=O) groups is 1. The second-order valence-corrected chi connectivity index (χ2v) is 4.16. The molecular weight excluding hydrogens is 242 g/mol. The number of nitrogens with zero attached hydrogens (tertiary/aromatic N) is 1. The van der Waals surface area contributed by atoms with Gasteiger partial charge in [-0.2, -0.15) is 5.26 Å². The summed E-state index contributed by atoms with van der Waals surface area (Å²) < 4.78 is 0. The minimum Gasteiger partial charge on any atom is -0.387 e. The van der Waals surface area contributed by atoms with Crippen molar-refractivity contribution in [2.45, 2.75) is 19.4 Å². The highest BCUT2D eigenvalue weighted by Crippen LogP contribution is 2.12. The molecule has 0 aromatic heterocycles. The first-order valence-corrected chi connectivity index (χ1v) is 6.33. The van der Waals surface area contributed by atoms with Crippen LogP contribution in [0.1, 0.15) is 30.6 Å². The average Bonchev–Trinajstić information content (AvgIpc) is 2.44. The maximum atomic E-state index is 11.2. The van der Waals surface area contributed by atoms with E-state index in [-0.39, 0.29) is 5.91 Å². The number of carbonyl (C=O) groups excluding carboxylic acids is 1. The fraction of sp³-hybridized carbons (Fsp3) is 0.429. The van der Waals surface area contributed by atoms with E-state index in [4.69, 9.17) is 5.26 Å². The van der Waals surface area contributed by atoms with Crippen molar-refractivity contribution in [2.75, 3.05) is 19.6 Å². The third-order valence-electron chi connectivity index (χ3n) is 2.67. The molecule has 102 valence electrons. The molecule has 1 aromatic carbocycles. The molecule has 5 nitrogen and oxygen atoms in total. The van der Waals surface area contributed by atoms with Gasteiger partial charge in [-0.05, 0) is 24.6 Å². The molecule has 19 heavy (non-hydrogen) atoms. The van der Waals surface area contributed by atoms with Gasteiger partial charge in [0.2, 0.25) is 5.91 Å². The van der Waals surface area contributed by atoms with Crippen LogP contribution < -0.4 is 10.6 Å².